The predicted molar refractivity (Wildman–Crippen MR) is 73.3 cm³/mol. The van der Waals surface area contributed by atoms with Crippen LogP contribution in [0.15, 0.2) is 24.3 Å². The van der Waals surface area contributed by atoms with Crippen molar-refractivity contribution in [2.45, 2.75) is 26.7 Å². The molecule has 0 aliphatic carbocycles. The topological polar surface area (TPSA) is 75.3 Å². The largest absolute Gasteiger partial charge is 0.399 e. The molecule has 0 radical (unpaired) electrons. The van der Waals surface area contributed by atoms with E-state index in [4.69, 9.17) is 5.73 Å². The normalized spacial score (nSPS) is 11.3. The first kappa shape index (κ1) is 14.5. The molecule has 0 saturated heterocycles. The molecular weight excluding hydrogens is 228 g/mol. The van der Waals surface area contributed by atoms with E-state index >= 15 is 0 Å². The number of carbonyl (C=O) groups is 1. The standard InChI is InChI=1S/C14H22N2O2/c1-3-14(4-2,10-17)9-16-13(18)11-5-7-12(15)8-6-11/h5-8,17H,3-4,9-10,15H2,1-2H3,(H,16,18). The van der Waals surface area contributed by atoms with Crippen molar-refractivity contribution in [3.8, 4) is 0 Å². The van der Waals surface area contributed by atoms with Crippen LogP contribution in [-0.2, 0) is 0 Å². The highest BCUT2D eigenvalue weighted by Crippen LogP contribution is 2.24. The van der Waals surface area contributed by atoms with Crippen LogP contribution in [0.25, 0.3) is 0 Å². The second-order valence-electron chi connectivity index (χ2n) is 4.67. The minimum Gasteiger partial charge on any atom is -0.399 e. The molecule has 0 bridgehead atoms. The van der Waals surface area contributed by atoms with E-state index in [2.05, 4.69) is 5.32 Å². The highest BCUT2D eigenvalue weighted by Gasteiger charge is 2.25. The van der Waals surface area contributed by atoms with Crippen molar-refractivity contribution in [2.24, 2.45) is 5.41 Å². The number of nitrogens with two attached hydrogens (primary N) is 1. The van der Waals surface area contributed by atoms with Gasteiger partial charge in [-0.05, 0) is 37.1 Å². The van der Waals surface area contributed by atoms with E-state index in [0.717, 1.165) is 12.8 Å². The number of nitrogens with one attached hydrogen (secondary N) is 1. The molecule has 0 aliphatic rings. The number of rotatable bonds is 6. The summed E-state index contributed by atoms with van der Waals surface area (Å²) in [4.78, 5) is 11.9. The Morgan fingerprint density at radius 2 is 1.83 bits per heavy atom. The van der Waals surface area contributed by atoms with Gasteiger partial charge in [0.2, 0.25) is 0 Å². The van der Waals surface area contributed by atoms with E-state index in [9.17, 15) is 9.90 Å². The van der Waals surface area contributed by atoms with Crippen LogP contribution in [-0.4, -0.2) is 24.2 Å². The third-order valence-corrected chi connectivity index (χ3v) is 3.63. The first-order valence-corrected chi connectivity index (χ1v) is 6.31. The van der Waals surface area contributed by atoms with Crippen LogP contribution in [0.2, 0.25) is 0 Å². The van der Waals surface area contributed by atoms with Crippen molar-refractivity contribution in [3.05, 3.63) is 29.8 Å². The molecular formula is C14H22N2O2. The molecule has 0 saturated carbocycles. The van der Waals surface area contributed by atoms with Crippen LogP contribution in [0.5, 0.6) is 0 Å². The van der Waals surface area contributed by atoms with Crippen LogP contribution in [0.4, 0.5) is 5.69 Å². The lowest BCUT2D eigenvalue weighted by molar-refractivity contribution is 0.0851. The molecule has 1 aromatic rings. The van der Waals surface area contributed by atoms with E-state index < -0.39 is 0 Å². The average molecular weight is 250 g/mol. The second-order valence-corrected chi connectivity index (χ2v) is 4.67. The number of hydrogen-bond acceptors (Lipinski definition) is 3. The van der Waals surface area contributed by atoms with Crippen molar-refractivity contribution in [2.75, 3.05) is 18.9 Å². The van der Waals surface area contributed by atoms with Gasteiger partial charge in [-0.15, -0.1) is 0 Å². The first-order chi connectivity index (χ1) is 8.56. The van der Waals surface area contributed by atoms with Gasteiger partial charge < -0.3 is 16.2 Å². The predicted octanol–water partition coefficient (Wildman–Crippen LogP) is 1.80. The number of anilines is 1. The Morgan fingerprint density at radius 3 is 2.28 bits per heavy atom. The summed E-state index contributed by atoms with van der Waals surface area (Å²) in [6.07, 6.45) is 1.67. The smallest absolute Gasteiger partial charge is 0.251 e. The summed E-state index contributed by atoms with van der Waals surface area (Å²) in [5.41, 5.74) is 6.57. The summed E-state index contributed by atoms with van der Waals surface area (Å²) in [6, 6.07) is 6.80. The Labute approximate surface area is 108 Å². The van der Waals surface area contributed by atoms with E-state index in [1.54, 1.807) is 24.3 Å². The zero-order valence-corrected chi connectivity index (χ0v) is 11.1. The van der Waals surface area contributed by atoms with E-state index in [0.29, 0.717) is 17.8 Å². The number of hydrogen-bond donors (Lipinski definition) is 3. The lowest BCUT2D eigenvalue weighted by Crippen LogP contribution is -2.39. The van der Waals surface area contributed by atoms with Crippen LogP contribution < -0.4 is 11.1 Å². The first-order valence-electron chi connectivity index (χ1n) is 6.31. The molecule has 0 fully saturated rings. The van der Waals surface area contributed by atoms with Gasteiger partial charge in [0.05, 0.1) is 6.61 Å². The molecule has 4 nitrogen and oxygen atoms in total. The molecule has 18 heavy (non-hydrogen) atoms. The number of aliphatic hydroxyl groups is 1. The quantitative estimate of drug-likeness (QED) is 0.674. The monoisotopic (exact) mass is 250 g/mol. The number of carbonyl (C=O) groups excluding carboxylic acids is 1. The lowest BCUT2D eigenvalue weighted by Gasteiger charge is -2.29. The van der Waals surface area contributed by atoms with Gasteiger partial charge >= 0.3 is 0 Å². The van der Waals surface area contributed by atoms with Crippen molar-refractivity contribution in [1.82, 2.24) is 5.32 Å². The summed E-state index contributed by atoms with van der Waals surface area (Å²) in [6.45, 7) is 4.62. The summed E-state index contributed by atoms with van der Waals surface area (Å²) in [7, 11) is 0. The molecule has 1 aromatic carbocycles. The fraction of sp³-hybridized carbons (Fsp3) is 0.500. The van der Waals surface area contributed by atoms with E-state index in [-0.39, 0.29) is 17.9 Å². The summed E-state index contributed by atoms with van der Waals surface area (Å²) >= 11 is 0. The molecule has 4 N–H and O–H groups in total. The van der Waals surface area contributed by atoms with Gasteiger partial charge in [-0.1, -0.05) is 13.8 Å². The Morgan fingerprint density at radius 1 is 1.28 bits per heavy atom. The molecule has 0 spiro atoms. The number of benzene rings is 1. The minimum atomic E-state index is -0.219. The molecule has 0 atom stereocenters. The van der Waals surface area contributed by atoms with Crippen molar-refractivity contribution in [3.63, 3.8) is 0 Å². The zero-order valence-electron chi connectivity index (χ0n) is 11.1. The minimum absolute atomic E-state index is 0.0853. The highest BCUT2D eigenvalue weighted by molar-refractivity contribution is 5.94. The number of amides is 1. The third-order valence-electron chi connectivity index (χ3n) is 3.63. The van der Waals surface area contributed by atoms with Gasteiger partial charge in [-0.3, -0.25) is 4.79 Å². The van der Waals surface area contributed by atoms with Gasteiger partial charge in [-0.2, -0.15) is 0 Å². The molecule has 0 aromatic heterocycles. The maximum Gasteiger partial charge on any atom is 0.251 e. The number of aliphatic hydroxyl groups excluding tert-OH is 1. The van der Waals surface area contributed by atoms with Gasteiger partial charge in [0.25, 0.3) is 5.91 Å². The molecule has 100 valence electrons. The van der Waals surface area contributed by atoms with Gasteiger partial charge in [0.1, 0.15) is 0 Å². The fourth-order valence-corrected chi connectivity index (χ4v) is 1.78. The van der Waals surface area contributed by atoms with E-state index in [1.807, 2.05) is 13.8 Å². The van der Waals surface area contributed by atoms with Gasteiger partial charge in [-0.25, -0.2) is 0 Å². The SMILES string of the molecule is CCC(CC)(CO)CNC(=O)c1ccc(N)cc1. The van der Waals surface area contributed by atoms with Gasteiger partial charge in [0, 0.05) is 23.2 Å². The second kappa shape index (κ2) is 6.40. The van der Waals surface area contributed by atoms with Crippen LogP contribution in [0.3, 0.4) is 0 Å². The molecule has 0 unspecified atom stereocenters. The van der Waals surface area contributed by atoms with Crippen LogP contribution >= 0.6 is 0 Å². The Kier molecular flexibility index (Phi) is 5.16. The van der Waals surface area contributed by atoms with Crippen molar-refractivity contribution >= 4 is 11.6 Å². The molecule has 0 heterocycles. The summed E-state index contributed by atoms with van der Waals surface area (Å²) in [5.74, 6) is -0.130. The fourth-order valence-electron chi connectivity index (χ4n) is 1.78. The van der Waals surface area contributed by atoms with Crippen molar-refractivity contribution < 1.29 is 9.90 Å². The number of nitrogen functional groups attached to an aromatic ring is 1. The summed E-state index contributed by atoms with van der Waals surface area (Å²) < 4.78 is 0. The maximum absolute atomic E-state index is 11.9. The zero-order chi connectivity index (χ0) is 13.6. The Hall–Kier alpha value is -1.55. The maximum atomic E-state index is 11.9. The molecule has 0 aliphatic heterocycles. The average Bonchev–Trinajstić information content (AvgIpc) is 2.41. The lowest BCUT2D eigenvalue weighted by atomic mass is 9.83. The van der Waals surface area contributed by atoms with Crippen LogP contribution in [0.1, 0.15) is 37.0 Å². The Bertz CT molecular complexity index is 375. The summed E-state index contributed by atoms with van der Waals surface area (Å²) in [5, 5.41) is 12.3. The highest BCUT2D eigenvalue weighted by atomic mass is 16.3. The molecule has 1 amide bonds. The van der Waals surface area contributed by atoms with Crippen molar-refractivity contribution in [1.29, 1.82) is 0 Å². The molecule has 1 rings (SSSR count). The van der Waals surface area contributed by atoms with Gasteiger partial charge in [0.15, 0.2) is 0 Å². The van der Waals surface area contributed by atoms with Crippen LogP contribution in [0, 0.1) is 5.41 Å². The molecule has 4 heteroatoms. The third kappa shape index (κ3) is 3.47. The van der Waals surface area contributed by atoms with E-state index in [1.165, 1.54) is 0 Å². The Balaban J connectivity index is 2.63.